The molecule has 5 rings (SSSR count). The summed E-state index contributed by atoms with van der Waals surface area (Å²) < 4.78 is 15.2. The van der Waals surface area contributed by atoms with Crippen molar-refractivity contribution < 1.29 is 9.18 Å². The Labute approximate surface area is 175 Å². The van der Waals surface area contributed by atoms with Gasteiger partial charge in [0.15, 0.2) is 0 Å². The molecule has 1 amide bonds. The summed E-state index contributed by atoms with van der Waals surface area (Å²) in [5.41, 5.74) is 6.07. The first-order valence-electron chi connectivity index (χ1n) is 10.9. The fourth-order valence-electron chi connectivity index (χ4n) is 5.05. The summed E-state index contributed by atoms with van der Waals surface area (Å²) in [5.74, 6) is -0.242. The molecule has 0 radical (unpaired) electrons. The zero-order valence-corrected chi connectivity index (χ0v) is 17.3. The van der Waals surface area contributed by atoms with E-state index < -0.39 is 0 Å². The topological polar surface area (TPSA) is 53.9 Å². The minimum atomic E-state index is -0.263. The van der Waals surface area contributed by atoms with Gasteiger partial charge in [-0.2, -0.15) is 5.10 Å². The number of carbonyl (C=O) groups is 1. The van der Waals surface area contributed by atoms with E-state index in [1.165, 1.54) is 42.7 Å². The second-order valence-electron chi connectivity index (χ2n) is 8.53. The van der Waals surface area contributed by atoms with Crippen LogP contribution in [-0.2, 0) is 26.4 Å². The number of benzene rings is 1. The number of carbonyl (C=O) groups excluding carboxylic acids is 1. The van der Waals surface area contributed by atoms with Gasteiger partial charge in [-0.05, 0) is 67.0 Å². The van der Waals surface area contributed by atoms with Gasteiger partial charge >= 0.3 is 0 Å². The molecule has 0 aliphatic heterocycles. The standard InChI is InChI=1S/C24H27FN4O/c1-28-23-8-4-7-20(23)22(27-28)15-29(19-5-2-3-6-19)24(30)21-13-17(14-26-21)16-9-11-18(25)12-10-16/h9-14,19,26H,2-8,15H2,1H3. The van der Waals surface area contributed by atoms with E-state index in [1.807, 2.05) is 28.9 Å². The van der Waals surface area contributed by atoms with Crippen LogP contribution < -0.4 is 0 Å². The van der Waals surface area contributed by atoms with Crippen molar-refractivity contribution in [1.82, 2.24) is 19.7 Å². The van der Waals surface area contributed by atoms with Crippen molar-refractivity contribution in [3.63, 3.8) is 0 Å². The van der Waals surface area contributed by atoms with E-state index in [2.05, 4.69) is 4.98 Å². The number of nitrogens with zero attached hydrogens (tertiary/aromatic N) is 3. The second-order valence-corrected chi connectivity index (χ2v) is 8.53. The highest BCUT2D eigenvalue weighted by Crippen LogP contribution is 2.30. The van der Waals surface area contributed by atoms with E-state index in [9.17, 15) is 9.18 Å². The van der Waals surface area contributed by atoms with Gasteiger partial charge in [0.1, 0.15) is 11.5 Å². The Morgan fingerprint density at radius 3 is 2.70 bits per heavy atom. The number of halogens is 1. The average Bonchev–Trinajstić information content (AvgIpc) is 3.53. The SMILES string of the molecule is Cn1nc(CN(C(=O)c2cc(-c3ccc(F)cc3)c[nH]2)C2CCCC2)c2c1CCC2. The predicted octanol–water partition coefficient (Wildman–Crippen LogP) is 4.63. The van der Waals surface area contributed by atoms with Gasteiger partial charge in [-0.15, -0.1) is 0 Å². The number of aromatic nitrogens is 3. The highest BCUT2D eigenvalue weighted by atomic mass is 19.1. The first kappa shape index (κ1) is 19.1. The van der Waals surface area contributed by atoms with Crippen LogP contribution >= 0.6 is 0 Å². The zero-order chi connectivity index (χ0) is 20.7. The van der Waals surface area contributed by atoms with Crippen LogP contribution in [0.25, 0.3) is 11.1 Å². The Morgan fingerprint density at radius 1 is 1.17 bits per heavy atom. The predicted molar refractivity (Wildman–Crippen MR) is 114 cm³/mol. The average molecular weight is 407 g/mol. The second kappa shape index (κ2) is 7.74. The van der Waals surface area contributed by atoms with E-state index in [1.54, 1.807) is 12.1 Å². The van der Waals surface area contributed by atoms with Crippen molar-refractivity contribution in [2.45, 2.75) is 57.5 Å². The number of aromatic amines is 1. The quantitative estimate of drug-likeness (QED) is 0.672. The summed E-state index contributed by atoms with van der Waals surface area (Å²) in [7, 11) is 2.01. The van der Waals surface area contributed by atoms with E-state index in [4.69, 9.17) is 5.10 Å². The first-order valence-corrected chi connectivity index (χ1v) is 10.9. The third kappa shape index (κ3) is 3.44. The maximum atomic E-state index is 13.5. The zero-order valence-electron chi connectivity index (χ0n) is 17.3. The summed E-state index contributed by atoms with van der Waals surface area (Å²) in [6.45, 7) is 0.567. The Morgan fingerprint density at radius 2 is 1.93 bits per heavy atom. The summed E-state index contributed by atoms with van der Waals surface area (Å²) in [4.78, 5) is 18.7. The van der Waals surface area contributed by atoms with Crippen LogP contribution in [0.4, 0.5) is 4.39 Å². The molecule has 2 aliphatic carbocycles. The molecule has 3 aromatic rings. The fourth-order valence-corrected chi connectivity index (χ4v) is 5.05. The minimum absolute atomic E-state index is 0.0210. The lowest BCUT2D eigenvalue weighted by Gasteiger charge is -2.28. The largest absolute Gasteiger partial charge is 0.357 e. The smallest absolute Gasteiger partial charge is 0.270 e. The van der Waals surface area contributed by atoms with E-state index in [-0.39, 0.29) is 17.8 Å². The molecule has 6 heteroatoms. The molecule has 0 saturated heterocycles. The highest BCUT2D eigenvalue weighted by molar-refractivity contribution is 5.94. The van der Waals surface area contributed by atoms with Crippen molar-refractivity contribution >= 4 is 5.91 Å². The number of nitrogens with one attached hydrogen (secondary N) is 1. The lowest BCUT2D eigenvalue weighted by Crippen LogP contribution is -2.38. The third-order valence-corrected chi connectivity index (χ3v) is 6.64. The van der Waals surface area contributed by atoms with Gasteiger partial charge in [-0.25, -0.2) is 4.39 Å². The molecule has 1 fully saturated rings. The van der Waals surface area contributed by atoms with Crippen LogP contribution in [0.15, 0.2) is 36.5 Å². The highest BCUT2D eigenvalue weighted by Gasteiger charge is 2.31. The van der Waals surface area contributed by atoms with Crippen LogP contribution in [-0.4, -0.2) is 31.6 Å². The molecule has 1 saturated carbocycles. The van der Waals surface area contributed by atoms with Crippen molar-refractivity contribution in [2.75, 3.05) is 0 Å². The molecular formula is C24H27FN4O. The molecule has 2 heterocycles. The minimum Gasteiger partial charge on any atom is -0.357 e. The maximum absolute atomic E-state index is 13.5. The van der Waals surface area contributed by atoms with Crippen molar-refractivity contribution in [2.24, 2.45) is 7.05 Å². The summed E-state index contributed by atoms with van der Waals surface area (Å²) in [5, 5.41) is 4.76. The van der Waals surface area contributed by atoms with Crippen LogP contribution in [0.1, 0.15) is 59.5 Å². The Hall–Kier alpha value is -2.89. The summed E-state index contributed by atoms with van der Waals surface area (Å²) >= 11 is 0. The van der Waals surface area contributed by atoms with Crippen LogP contribution in [0, 0.1) is 5.82 Å². The first-order chi connectivity index (χ1) is 14.6. The molecule has 156 valence electrons. The fraction of sp³-hybridized carbons (Fsp3) is 0.417. The monoisotopic (exact) mass is 406 g/mol. The van der Waals surface area contributed by atoms with Crippen LogP contribution in [0.2, 0.25) is 0 Å². The van der Waals surface area contributed by atoms with E-state index in [0.717, 1.165) is 42.5 Å². The Balaban J connectivity index is 1.43. The lowest BCUT2D eigenvalue weighted by atomic mass is 10.1. The number of H-pyrrole nitrogens is 1. The number of fused-ring (bicyclic) bond motifs is 1. The van der Waals surface area contributed by atoms with Gasteiger partial charge in [0.05, 0.1) is 12.2 Å². The van der Waals surface area contributed by atoms with Crippen molar-refractivity contribution in [3.8, 4) is 11.1 Å². The molecule has 0 atom stereocenters. The molecular weight excluding hydrogens is 379 g/mol. The summed E-state index contributed by atoms with van der Waals surface area (Å²) in [6, 6.07) is 8.49. The molecule has 0 unspecified atom stereocenters. The van der Waals surface area contributed by atoms with E-state index >= 15 is 0 Å². The van der Waals surface area contributed by atoms with Crippen molar-refractivity contribution in [3.05, 3.63) is 65.0 Å². The van der Waals surface area contributed by atoms with Gasteiger partial charge in [-0.1, -0.05) is 25.0 Å². The van der Waals surface area contributed by atoms with E-state index in [0.29, 0.717) is 12.2 Å². The van der Waals surface area contributed by atoms with Gasteiger partial charge in [-0.3, -0.25) is 9.48 Å². The van der Waals surface area contributed by atoms with Gasteiger partial charge < -0.3 is 9.88 Å². The number of hydrogen-bond acceptors (Lipinski definition) is 2. The third-order valence-electron chi connectivity index (χ3n) is 6.64. The molecule has 1 aromatic carbocycles. The van der Waals surface area contributed by atoms with Gasteiger partial charge in [0, 0.05) is 25.0 Å². The molecule has 2 aliphatic rings. The normalized spacial score (nSPS) is 16.2. The number of hydrogen-bond donors (Lipinski definition) is 1. The number of amides is 1. The summed E-state index contributed by atoms with van der Waals surface area (Å²) in [6.07, 6.45) is 9.56. The Bertz CT molecular complexity index is 1060. The molecule has 0 spiro atoms. The molecule has 5 nitrogen and oxygen atoms in total. The number of aryl methyl sites for hydroxylation is 1. The van der Waals surface area contributed by atoms with Gasteiger partial charge in [0.25, 0.3) is 5.91 Å². The maximum Gasteiger partial charge on any atom is 0.270 e. The van der Waals surface area contributed by atoms with Crippen molar-refractivity contribution in [1.29, 1.82) is 0 Å². The van der Waals surface area contributed by atoms with Crippen LogP contribution in [0.3, 0.4) is 0 Å². The molecule has 0 bridgehead atoms. The number of rotatable bonds is 5. The Kier molecular flexibility index (Phi) is 4.93. The molecule has 30 heavy (non-hydrogen) atoms. The molecule has 2 aromatic heterocycles. The van der Waals surface area contributed by atoms with Crippen LogP contribution in [0.5, 0.6) is 0 Å². The lowest BCUT2D eigenvalue weighted by molar-refractivity contribution is 0.0655. The van der Waals surface area contributed by atoms with Gasteiger partial charge in [0.2, 0.25) is 0 Å². The molecule has 1 N–H and O–H groups in total.